The minimum Gasteiger partial charge on any atom is -0.478 e. The largest absolute Gasteiger partial charge is 0.478 e. The lowest BCUT2D eigenvalue weighted by atomic mass is 10.1. The number of nitrogens with zero attached hydrogens (tertiary/aromatic N) is 6. The number of H-pyrrole nitrogens is 1. The van der Waals surface area contributed by atoms with Gasteiger partial charge in [-0.25, -0.2) is 19.7 Å². The Balaban J connectivity index is 1.70. The summed E-state index contributed by atoms with van der Waals surface area (Å²) in [6.45, 7) is 4.42. The van der Waals surface area contributed by atoms with Crippen molar-refractivity contribution in [2.75, 3.05) is 6.61 Å². The number of pyridine rings is 1. The lowest BCUT2D eigenvalue weighted by Gasteiger charge is -2.19. The molecule has 5 aromatic rings. The van der Waals surface area contributed by atoms with Crippen LogP contribution in [0.15, 0.2) is 59.9 Å². The van der Waals surface area contributed by atoms with E-state index in [0.717, 1.165) is 16.6 Å². The summed E-state index contributed by atoms with van der Waals surface area (Å²) in [6, 6.07) is 11.2. The maximum absolute atomic E-state index is 13.0. The molecule has 0 amide bonds. The van der Waals surface area contributed by atoms with Crippen molar-refractivity contribution < 1.29 is 4.74 Å². The number of aromatic nitrogens is 7. The van der Waals surface area contributed by atoms with E-state index in [2.05, 4.69) is 19.9 Å². The van der Waals surface area contributed by atoms with Crippen molar-refractivity contribution in [1.82, 2.24) is 34.1 Å². The van der Waals surface area contributed by atoms with Crippen molar-refractivity contribution in [3.8, 4) is 11.8 Å². The molecule has 1 N–H and O–H groups in total. The van der Waals surface area contributed by atoms with Gasteiger partial charge in [-0.05, 0) is 31.5 Å². The molecule has 9 nitrogen and oxygen atoms in total. The average molecular weight is 415 g/mol. The van der Waals surface area contributed by atoms with Crippen LogP contribution in [-0.2, 0) is 0 Å². The Morgan fingerprint density at radius 3 is 2.81 bits per heavy atom. The zero-order chi connectivity index (χ0) is 21.4. The van der Waals surface area contributed by atoms with Crippen LogP contribution in [0.2, 0.25) is 0 Å². The zero-order valence-corrected chi connectivity index (χ0v) is 17.2. The molecule has 0 fully saturated rings. The van der Waals surface area contributed by atoms with Gasteiger partial charge in [-0.2, -0.15) is 4.98 Å². The number of fused-ring (bicyclic) bond motifs is 2. The molecule has 1 unspecified atom stereocenters. The average Bonchev–Trinajstić information content (AvgIpc) is 3.36. The molecule has 0 spiro atoms. The molecule has 0 aliphatic rings. The maximum atomic E-state index is 13.0. The summed E-state index contributed by atoms with van der Waals surface area (Å²) in [4.78, 5) is 33.8. The van der Waals surface area contributed by atoms with Gasteiger partial charge in [0.05, 0.1) is 29.9 Å². The number of nitrogens with one attached hydrogen (secondary N) is 1. The molecule has 0 bridgehead atoms. The Kier molecular flexibility index (Phi) is 4.70. The second-order valence-corrected chi connectivity index (χ2v) is 7.07. The fourth-order valence-electron chi connectivity index (χ4n) is 3.89. The van der Waals surface area contributed by atoms with Crippen LogP contribution in [-0.4, -0.2) is 40.7 Å². The summed E-state index contributed by atoms with van der Waals surface area (Å²) in [6.07, 6.45) is 5.66. The highest BCUT2D eigenvalue weighted by molar-refractivity contribution is 5.77. The Morgan fingerprint density at radius 1 is 1.10 bits per heavy atom. The number of ether oxygens (including phenoxy) is 1. The van der Waals surface area contributed by atoms with Crippen molar-refractivity contribution in [3.05, 3.63) is 71.2 Å². The third kappa shape index (κ3) is 3.14. The van der Waals surface area contributed by atoms with Crippen molar-refractivity contribution in [1.29, 1.82) is 0 Å². The fraction of sp³-hybridized carbons (Fsp3) is 0.227. The Hall–Kier alpha value is -4.01. The monoisotopic (exact) mass is 415 g/mol. The predicted octanol–water partition coefficient (Wildman–Crippen LogP) is 3.25. The van der Waals surface area contributed by atoms with Crippen LogP contribution in [0.1, 0.15) is 31.9 Å². The predicted molar refractivity (Wildman–Crippen MR) is 117 cm³/mol. The van der Waals surface area contributed by atoms with Gasteiger partial charge >= 0.3 is 5.69 Å². The number of rotatable bonds is 6. The van der Waals surface area contributed by atoms with Gasteiger partial charge in [0.15, 0.2) is 5.65 Å². The first-order valence-electron chi connectivity index (χ1n) is 10.2. The van der Waals surface area contributed by atoms with Crippen molar-refractivity contribution in [2.24, 2.45) is 0 Å². The summed E-state index contributed by atoms with van der Waals surface area (Å²) in [5.74, 6) is 0.966. The van der Waals surface area contributed by atoms with Gasteiger partial charge < -0.3 is 9.72 Å². The first kappa shape index (κ1) is 19.0. The van der Waals surface area contributed by atoms with Crippen LogP contribution in [0, 0.1) is 0 Å². The van der Waals surface area contributed by atoms with Gasteiger partial charge in [-0.15, -0.1) is 0 Å². The molecule has 0 aliphatic heterocycles. The summed E-state index contributed by atoms with van der Waals surface area (Å²) >= 11 is 0. The Labute approximate surface area is 177 Å². The van der Waals surface area contributed by atoms with Crippen LogP contribution in [0.25, 0.3) is 28.1 Å². The molecular formula is C22H21N7O2. The van der Waals surface area contributed by atoms with E-state index < -0.39 is 0 Å². The van der Waals surface area contributed by atoms with E-state index in [1.807, 2.05) is 54.8 Å². The smallest absolute Gasteiger partial charge is 0.328 e. The van der Waals surface area contributed by atoms with Crippen LogP contribution in [0.4, 0.5) is 0 Å². The summed E-state index contributed by atoms with van der Waals surface area (Å²) < 4.78 is 9.18. The molecule has 0 radical (unpaired) electrons. The van der Waals surface area contributed by atoms with Crippen molar-refractivity contribution in [2.45, 2.75) is 26.3 Å². The minimum atomic E-state index is -0.293. The molecule has 1 atom stereocenters. The quantitative estimate of drug-likeness (QED) is 0.457. The van der Waals surface area contributed by atoms with E-state index in [0.29, 0.717) is 36.0 Å². The van der Waals surface area contributed by atoms with E-state index in [-0.39, 0.29) is 11.7 Å². The van der Waals surface area contributed by atoms with E-state index in [1.165, 1.54) is 0 Å². The number of aromatic amines is 1. The topological polar surface area (TPSA) is 104 Å². The first-order chi connectivity index (χ1) is 15.2. The Morgan fingerprint density at radius 2 is 1.97 bits per heavy atom. The number of benzene rings is 1. The van der Waals surface area contributed by atoms with Crippen molar-refractivity contribution >= 4 is 22.2 Å². The highest BCUT2D eigenvalue weighted by atomic mass is 16.5. The molecule has 31 heavy (non-hydrogen) atoms. The highest BCUT2D eigenvalue weighted by Crippen LogP contribution is 2.29. The number of para-hydroxylation sites is 2. The molecule has 5 rings (SSSR count). The highest BCUT2D eigenvalue weighted by Gasteiger charge is 2.23. The van der Waals surface area contributed by atoms with E-state index in [4.69, 9.17) is 9.72 Å². The molecule has 0 saturated heterocycles. The summed E-state index contributed by atoms with van der Waals surface area (Å²) in [5.41, 5.74) is 3.41. The number of imidazole rings is 2. The molecule has 1 aromatic carbocycles. The normalized spacial score (nSPS) is 12.5. The van der Waals surface area contributed by atoms with Crippen LogP contribution in [0.3, 0.4) is 0 Å². The zero-order valence-electron chi connectivity index (χ0n) is 17.2. The number of hydrogen-bond acceptors (Lipinski definition) is 6. The minimum absolute atomic E-state index is 0.255. The molecule has 0 aliphatic carbocycles. The van der Waals surface area contributed by atoms with Gasteiger partial charge in [0, 0.05) is 11.8 Å². The second-order valence-electron chi connectivity index (χ2n) is 7.07. The Bertz CT molecular complexity index is 1430. The molecule has 4 aromatic heterocycles. The van der Waals surface area contributed by atoms with E-state index >= 15 is 0 Å². The van der Waals surface area contributed by atoms with Gasteiger partial charge in [-0.3, -0.25) is 9.13 Å². The van der Waals surface area contributed by atoms with Gasteiger partial charge in [0.1, 0.15) is 11.8 Å². The third-order valence-corrected chi connectivity index (χ3v) is 5.25. The lowest BCUT2D eigenvalue weighted by molar-refractivity contribution is 0.317. The van der Waals surface area contributed by atoms with E-state index in [9.17, 15) is 4.79 Å². The first-order valence-corrected chi connectivity index (χ1v) is 10.2. The molecule has 4 heterocycles. The SMILES string of the molecule is CCOc1ncccc1C(CC)n1c(=O)[nH]c2cnc(-n3cnc4ccccc43)nc21. The van der Waals surface area contributed by atoms with Crippen LogP contribution in [0.5, 0.6) is 5.88 Å². The van der Waals surface area contributed by atoms with Crippen LogP contribution < -0.4 is 10.4 Å². The van der Waals surface area contributed by atoms with Crippen LogP contribution >= 0.6 is 0 Å². The lowest BCUT2D eigenvalue weighted by Crippen LogP contribution is -2.24. The number of hydrogen-bond donors (Lipinski definition) is 1. The van der Waals surface area contributed by atoms with Gasteiger partial charge in [0.2, 0.25) is 11.8 Å². The third-order valence-electron chi connectivity index (χ3n) is 5.25. The standard InChI is InChI=1S/C22H21N7O2/c1-3-17(14-8-7-11-23-20(14)31-4-2)29-19-16(26-22(29)30)12-24-21(27-19)28-13-25-15-9-5-6-10-18(15)28/h5-13,17H,3-4H2,1-2H3,(H,26,30). The molecule has 9 heteroatoms. The molecule has 0 saturated carbocycles. The van der Waals surface area contributed by atoms with Gasteiger partial charge in [0.25, 0.3) is 0 Å². The fourth-order valence-corrected chi connectivity index (χ4v) is 3.89. The van der Waals surface area contributed by atoms with Crippen molar-refractivity contribution in [3.63, 3.8) is 0 Å². The summed E-state index contributed by atoms with van der Waals surface area (Å²) in [7, 11) is 0. The van der Waals surface area contributed by atoms with Gasteiger partial charge in [-0.1, -0.05) is 25.1 Å². The maximum Gasteiger partial charge on any atom is 0.328 e. The van der Waals surface area contributed by atoms with E-state index in [1.54, 1.807) is 23.3 Å². The molecular weight excluding hydrogens is 394 g/mol. The summed E-state index contributed by atoms with van der Waals surface area (Å²) in [5, 5.41) is 0. The molecule has 156 valence electrons. The second kappa shape index (κ2) is 7.67.